The van der Waals surface area contributed by atoms with E-state index in [1.54, 1.807) is 0 Å². The molecule has 0 aliphatic heterocycles. The highest BCUT2D eigenvalue weighted by Crippen LogP contribution is 2.48. The lowest BCUT2D eigenvalue weighted by Gasteiger charge is -2.08. The first-order valence-corrected chi connectivity index (χ1v) is 10.4. The first-order chi connectivity index (χ1) is 14.9. The Morgan fingerprint density at radius 1 is 0.600 bits per heavy atom. The topological polar surface area (TPSA) is 13.1 Å². The van der Waals surface area contributed by atoms with Crippen molar-refractivity contribution >= 4 is 32.7 Å². The van der Waals surface area contributed by atoms with Crippen LogP contribution in [0, 0.1) is 0 Å². The molecule has 0 fully saturated rings. The maximum Gasteiger partial charge on any atom is 0.140 e. The fourth-order valence-corrected chi connectivity index (χ4v) is 5.17. The van der Waals surface area contributed by atoms with Crippen LogP contribution < -0.4 is 0 Å². The minimum absolute atomic E-state index is 0.929. The van der Waals surface area contributed by atoms with Crippen molar-refractivity contribution in [3.63, 3.8) is 0 Å². The number of hydrogen-bond donors (Lipinski definition) is 0. The molecule has 1 heteroatoms. The molecule has 0 saturated carbocycles. The number of benzene rings is 5. The van der Waals surface area contributed by atoms with Crippen molar-refractivity contribution in [3.05, 3.63) is 108 Å². The summed E-state index contributed by atoms with van der Waals surface area (Å²) in [7, 11) is 0. The maximum absolute atomic E-state index is 6.60. The van der Waals surface area contributed by atoms with Gasteiger partial charge in [-0.2, -0.15) is 0 Å². The predicted octanol–water partition coefficient (Wildman–Crippen LogP) is 7.98. The van der Waals surface area contributed by atoms with Gasteiger partial charge in [0.2, 0.25) is 0 Å². The summed E-state index contributed by atoms with van der Waals surface area (Å²) in [4.78, 5) is 0. The molecule has 140 valence electrons. The summed E-state index contributed by atoms with van der Waals surface area (Å²) in [6.45, 7) is 0. The van der Waals surface area contributed by atoms with Gasteiger partial charge in [0.15, 0.2) is 0 Å². The minimum atomic E-state index is 0.929. The molecule has 0 radical (unpaired) electrons. The van der Waals surface area contributed by atoms with Crippen LogP contribution in [0.15, 0.2) is 101 Å². The highest BCUT2D eigenvalue weighted by molar-refractivity contribution is 6.24. The van der Waals surface area contributed by atoms with Gasteiger partial charge in [-0.3, -0.25) is 0 Å². The highest BCUT2D eigenvalue weighted by atomic mass is 16.3. The second-order valence-corrected chi connectivity index (χ2v) is 8.12. The Labute approximate surface area is 174 Å². The maximum atomic E-state index is 6.60. The van der Waals surface area contributed by atoms with Crippen LogP contribution in [0.3, 0.4) is 0 Å². The third-order valence-electron chi connectivity index (χ3n) is 6.49. The van der Waals surface area contributed by atoms with E-state index >= 15 is 0 Å². The number of furan rings is 1. The van der Waals surface area contributed by atoms with Crippen molar-refractivity contribution in [2.75, 3.05) is 0 Å². The van der Waals surface area contributed by atoms with Crippen LogP contribution in [-0.4, -0.2) is 0 Å². The van der Waals surface area contributed by atoms with Crippen LogP contribution in [0.2, 0.25) is 0 Å². The molecule has 30 heavy (non-hydrogen) atoms. The predicted molar refractivity (Wildman–Crippen MR) is 125 cm³/mol. The third-order valence-corrected chi connectivity index (χ3v) is 6.49. The fraction of sp³-hybridized carbons (Fsp3) is 0.0345. The molecule has 1 heterocycles. The smallest absolute Gasteiger partial charge is 0.140 e. The summed E-state index contributed by atoms with van der Waals surface area (Å²) in [5, 5.41) is 5.03. The van der Waals surface area contributed by atoms with E-state index < -0.39 is 0 Å². The number of rotatable bonds is 1. The molecule has 0 spiro atoms. The van der Waals surface area contributed by atoms with Gasteiger partial charge in [-0.05, 0) is 50.7 Å². The summed E-state index contributed by atoms with van der Waals surface area (Å²) < 4.78 is 6.60. The fourth-order valence-electron chi connectivity index (χ4n) is 5.17. The Morgan fingerprint density at radius 3 is 2.27 bits per heavy atom. The zero-order valence-corrected chi connectivity index (χ0v) is 16.4. The minimum Gasteiger partial charge on any atom is -0.456 e. The van der Waals surface area contributed by atoms with Crippen molar-refractivity contribution in [3.8, 4) is 22.3 Å². The molecule has 0 saturated heterocycles. The lowest BCUT2D eigenvalue weighted by molar-refractivity contribution is 0.665. The SMILES string of the molecule is c1ccc(-c2ccc3c(c2)oc2c4c(c5ccccc5c23)-c2ccccc2C4)cc1. The van der Waals surface area contributed by atoms with E-state index in [4.69, 9.17) is 4.42 Å². The van der Waals surface area contributed by atoms with Crippen molar-refractivity contribution < 1.29 is 4.42 Å². The van der Waals surface area contributed by atoms with Crippen molar-refractivity contribution in [2.24, 2.45) is 0 Å². The van der Waals surface area contributed by atoms with Crippen LogP contribution in [0.25, 0.3) is 55.0 Å². The van der Waals surface area contributed by atoms with Gasteiger partial charge in [-0.25, -0.2) is 0 Å². The molecule has 7 rings (SSSR count). The molecule has 0 unspecified atom stereocenters. The molecule has 0 N–H and O–H groups in total. The van der Waals surface area contributed by atoms with Gasteiger partial charge in [0.1, 0.15) is 11.2 Å². The summed E-state index contributed by atoms with van der Waals surface area (Å²) in [5.41, 5.74) is 9.79. The van der Waals surface area contributed by atoms with Gasteiger partial charge in [0, 0.05) is 22.8 Å². The zero-order chi connectivity index (χ0) is 19.7. The third kappa shape index (κ3) is 2.07. The lowest BCUT2D eigenvalue weighted by atomic mass is 9.93. The summed E-state index contributed by atoms with van der Waals surface area (Å²) in [6, 6.07) is 34.7. The lowest BCUT2D eigenvalue weighted by Crippen LogP contribution is -1.85. The number of hydrogen-bond acceptors (Lipinski definition) is 1. The second-order valence-electron chi connectivity index (χ2n) is 8.12. The Hall–Kier alpha value is -3.84. The highest BCUT2D eigenvalue weighted by Gasteiger charge is 2.26. The average Bonchev–Trinajstić information content (AvgIpc) is 3.38. The molecule has 1 aliphatic carbocycles. The van der Waals surface area contributed by atoms with Crippen LogP contribution in [0.4, 0.5) is 0 Å². The van der Waals surface area contributed by atoms with Crippen molar-refractivity contribution in [1.82, 2.24) is 0 Å². The van der Waals surface area contributed by atoms with E-state index in [0.29, 0.717) is 0 Å². The molecule has 0 bridgehead atoms. The van der Waals surface area contributed by atoms with Gasteiger partial charge in [0.05, 0.1) is 0 Å². The van der Waals surface area contributed by atoms with E-state index in [2.05, 4.69) is 97.1 Å². The van der Waals surface area contributed by atoms with E-state index in [1.165, 1.54) is 54.9 Å². The molecular formula is C29H18O. The Balaban J connectivity index is 1.62. The van der Waals surface area contributed by atoms with E-state index in [0.717, 1.165) is 17.6 Å². The molecular weight excluding hydrogens is 364 g/mol. The first kappa shape index (κ1) is 16.0. The van der Waals surface area contributed by atoms with Gasteiger partial charge < -0.3 is 4.42 Å². The largest absolute Gasteiger partial charge is 0.456 e. The van der Waals surface area contributed by atoms with E-state index in [-0.39, 0.29) is 0 Å². The Bertz CT molecular complexity index is 1600. The van der Waals surface area contributed by atoms with Crippen LogP contribution in [0.5, 0.6) is 0 Å². The molecule has 1 aliphatic rings. The Morgan fingerprint density at radius 2 is 1.37 bits per heavy atom. The molecule has 1 aromatic heterocycles. The average molecular weight is 382 g/mol. The molecule has 0 atom stereocenters. The zero-order valence-electron chi connectivity index (χ0n) is 16.4. The van der Waals surface area contributed by atoms with Crippen LogP contribution in [0.1, 0.15) is 11.1 Å². The monoisotopic (exact) mass is 382 g/mol. The molecule has 6 aromatic rings. The molecule has 1 nitrogen and oxygen atoms in total. The normalized spacial score (nSPS) is 12.5. The van der Waals surface area contributed by atoms with Crippen molar-refractivity contribution in [1.29, 1.82) is 0 Å². The second kappa shape index (κ2) is 5.84. The molecule has 5 aromatic carbocycles. The van der Waals surface area contributed by atoms with E-state index in [1.807, 2.05) is 0 Å². The quantitative estimate of drug-likeness (QED) is 0.280. The summed E-state index contributed by atoms with van der Waals surface area (Å²) >= 11 is 0. The van der Waals surface area contributed by atoms with Gasteiger partial charge in [-0.1, -0.05) is 84.9 Å². The molecule has 0 amide bonds. The van der Waals surface area contributed by atoms with E-state index in [9.17, 15) is 0 Å². The van der Waals surface area contributed by atoms with Gasteiger partial charge in [0.25, 0.3) is 0 Å². The van der Waals surface area contributed by atoms with Crippen LogP contribution in [-0.2, 0) is 6.42 Å². The number of fused-ring (bicyclic) bond motifs is 10. The van der Waals surface area contributed by atoms with Crippen LogP contribution >= 0.6 is 0 Å². The van der Waals surface area contributed by atoms with Gasteiger partial charge in [-0.15, -0.1) is 0 Å². The first-order valence-electron chi connectivity index (χ1n) is 10.4. The summed E-state index contributed by atoms with van der Waals surface area (Å²) in [5.74, 6) is 0. The standard InChI is InChI=1S/C29H18O/c1-2-8-18(9-3-1)19-14-15-24-26(17-19)30-29-25-16-20-10-4-5-11-21(20)27(25)22-12-6-7-13-23(22)28(24)29/h1-15,17H,16H2. The summed E-state index contributed by atoms with van der Waals surface area (Å²) in [6.07, 6.45) is 0.929. The van der Waals surface area contributed by atoms with Crippen molar-refractivity contribution in [2.45, 2.75) is 6.42 Å². The van der Waals surface area contributed by atoms with Gasteiger partial charge >= 0.3 is 0 Å². The Kier molecular flexibility index (Phi) is 3.12.